The van der Waals surface area contributed by atoms with Gasteiger partial charge in [0.25, 0.3) is 0 Å². The zero-order chi connectivity index (χ0) is 110. The van der Waals surface area contributed by atoms with Crippen LogP contribution in [0.4, 0.5) is 65.9 Å². The second-order valence-corrected chi connectivity index (χ2v) is 38.7. The van der Waals surface area contributed by atoms with Crippen LogP contribution < -0.4 is 72.2 Å². The molecule has 1 heterocycles. The van der Waals surface area contributed by atoms with Crippen molar-refractivity contribution in [2.24, 2.45) is 0 Å². The standard InChI is InChI=1S/C25H31F3O5S.3C23H27F3O5S.C10H9F3O2.B.Na.H2O.2H2/c1-6-31-20(14-32-19-9-7-18(8-10-19)25(26,27)28)16-34-21-11-12-22(17(2)13-21)33-24(3,4)23(29)15-30-5;2*1-15-11-19(9-10-20(15)31-22(2,3)21(28)13-29-4)32-14-17(27)12-30-18-7-5-16(6-8-18)23(24,25)26;1-5-29-18(13-30-17-8-6-16(7-9-17)23(24,25)26)14-32-19-10-11-20(15(2)12-19)31-22(3,4)21(27)28;11-10(12,13)7-1-3-8(4-2-7)14-5-9-6-15-9;;;;;/h7-13,20H,6,14-16H2,1-5H3;2*5-11,17,27H,12-14H2,1-4H3;6-12,18H,5,13-14H2,1-4H3,(H,27,28);1-4,9H,5-6H2;;;1H2;2*1H/q;;;;;;+1;;;/p-1/i;;;;;;;;1+1D;1+1. The number of hydrogen-bond donors (Lipinski definition) is 3. The maximum absolute atomic E-state index is 12.7. The van der Waals surface area contributed by atoms with E-state index in [0.717, 1.165) is 102 Å². The summed E-state index contributed by atoms with van der Waals surface area (Å²) in [6, 6.07) is 44.6. The van der Waals surface area contributed by atoms with Gasteiger partial charge in [-0.05, 0) is 313 Å². The molecule has 44 heteroatoms. The molecule has 3 radical (unpaired) electrons. The van der Waals surface area contributed by atoms with Gasteiger partial charge in [0.1, 0.15) is 123 Å². The van der Waals surface area contributed by atoms with Crippen molar-refractivity contribution in [2.75, 3.05) is 117 Å². The Morgan fingerprint density at radius 1 is 0.365 bits per heavy atom. The average Bonchev–Trinajstić information content (AvgIpc) is 1.46. The van der Waals surface area contributed by atoms with Crippen LogP contribution in [0.3, 0.4) is 0 Å². The van der Waals surface area contributed by atoms with Crippen molar-refractivity contribution in [3.8, 4) is 51.7 Å². The fourth-order valence-corrected chi connectivity index (χ4v) is 15.8. The molecule has 1 aliphatic rings. The Morgan fingerprint density at radius 2 is 0.581 bits per heavy atom. The molecule has 0 spiro atoms. The number of ketones is 3. The molecule has 23 nitrogen and oxygen atoms in total. The fraction of sp³-hybridized carbons (Fsp3) is 0.442. The number of carboxylic acids is 1. The van der Waals surface area contributed by atoms with Crippen LogP contribution in [-0.2, 0) is 78.5 Å². The number of epoxide rings is 1. The number of alkyl halides is 15. The molecule has 0 saturated carbocycles. The predicted octanol–water partition coefficient (Wildman–Crippen LogP) is 21.1. The molecule has 0 amide bonds. The number of carboxylic acid groups (broad SMARTS) is 1. The molecule has 9 aromatic carbocycles. The maximum Gasteiger partial charge on any atom is 1.00 e. The third-order valence-corrected chi connectivity index (χ3v) is 25.0. The molecule has 5 unspecified atom stereocenters. The molecule has 0 aromatic heterocycles. The van der Waals surface area contributed by atoms with E-state index >= 15 is 0 Å². The van der Waals surface area contributed by atoms with Gasteiger partial charge in [-0.15, -0.1) is 47.0 Å². The van der Waals surface area contributed by atoms with Crippen LogP contribution >= 0.6 is 47.0 Å². The first-order valence-electron chi connectivity index (χ1n) is 46.0. The Hall–Kier alpha value is -9.29. The van der Waals surface area contributed by atoms with Gasteiger partial charge in [0.2, 0.25) is 17.3 Å². The molecule has 813 valence electrons. The number of aliphatic hydroxyl groups excluding tert-OH is 2. The number of carbonyl (C=O) groups is 4. The topological polar surface area (TPSA) is 301 Å². The van der Waals surface area contributed by atoms with Gasteiger partial charge in [-0.3, -0.25) is 14.4 Å². The zero-order valence-electron chi connectivity index (χ0n) is 86.9. The van der Waals surface area contributed by atoms with E-state index in [4.69, 9.17) is 74.0 Å². The van der Waals surface area contributed by atoms with Crippen molar-refractivity contribution in [3.05, 3.63) is 244 Å². The van der Waals surface area contributed by atoms with E-state index in [2.05, 4.69) is 0 Å². The number of rotatable bonds is 49. The third-order valence-electron chi connectivity index (χ3n) is 20.5. The van der Waals surface area contributed by atoms with Crippen LogP contribution in [0.1, 0.15) is 124 Å². The normalized spacial score (nSPS) is 13.5. The minimum atomic E-state index is -4.40. The molecule has 1 aliphatic heterocycles. The van der Waals surface area contributed by atoms with Gasteiger partial charge in [-0.1, -0.05) is 0 Å². The molecule has 0 aliphatic carbocycles. The van der Waals surface area contributed by atoms with Crippen LogP contribution in [0.2, 0.25) is 0 Å². The van der Waals surface area contributed by atoms with Crippen molar-refractivity contribution in [2.45, 2.75) is 200 Å². The van der Waals surface area contributed by atoms with E-state index in [9.17, 15) is 100 Å². The van der Waals surface area contributed by atoms with Crippen molar-refractivity contribution >= 4 is 78.8 Å². The van der Waals surface area contributed by atoms with Crippen LogP contribution in [0.25, 0.3) is 0 Å². The summed E-state index contributed by atoms with van der Waals surface area (Å²) in [6.45, 7) is 26.6. The summed E-state index contributed by atoms with van der Waals surface area (Å²) < 4.78 is 280. The molecular weight excluding hydrogens is 2060 g/mol. The van der Waals surface area contributed by atoms with Gasteiger partial charge in [0.15, 0.2) is 22.4 Å². The minimum absolute atomic E-state index is 0. The van der Waals surface area contributed by atoms with E-state index in [1.807, 2.05) is 96.1 Å². The summed E-state index contributed by atoms with van der Waals surface area (Å²) in [5.74, 6) is 4.16. The zero-order valence-corrected chi connectivity index (χ0v) is 90.2. The van der Waals surface area contributed by atoms with E-state index < -0.39 is 99.3 Å². The van der Waals surface area contributed by atoms with Gasteiger partial charge < -0.3 is 91.8 Å². The Morgan fingerprint density at radius 3 is 0.784 bits per heavy atom. The number of methoxy groups -OCH3 is 3. The summed E-state index contributed by atoms with van der Waals surface area (Å²) in [4.78, 5) is 51.4. The molecule has 0 bridgehead atoms. The maximum atomic E-state index is 12.7. The molecule has 5 atom stereocenters. The number of aryl methyl sites for hydroxylation is 4. The predicted molar refractivity (Wildman–Crippen MR) is 534 cm³/mol. The number of benzene rings is 9. The summed E-state index contributed by atoms with van der Waals surface area (Å²) in [5.41, 5.74) is -4.66. The Kier molecular flexibility index (Phi) is 54.9. The molecule has 1 fully saturated rings. The first-order valence-corrected chi connectivity index (χ1v) is 48.9. The first kappa shape index (κ1) is 131. The van der Waals surface area contributed by atoms with Crippen molar-refractivity contribution in [1.82, 2.24) is 0 Å². The smallest absolute Gasteiger partial charge is 0.870 e. The monoisotopic (exact) mass is 2190 g/mol. The number of ether oxygens (including phenoxy) is 15. The number of thioether (sulfide) groups is 4. The van der Waals surface area contributed by atoms with E-state index in [0.29, 0.717) is 89.7 Å². The number of halogens is 15. The van der Waals surface area contributed by atoms with Crippen LogP contribution in [0.15, 0.2) is 214 Å². The Balaban J connectivity index is 0.000000948. The number of aliphatic carboxylic acids is 1. The van der Waals surface area contributed by atoms with Crippen molar-refractivity contribution in [1.29, 1.82) is 0 Å². The summed E-state index contributed by atoms with van der Waals surface area (Å²) >= 11 is 5.91. The van der Waals surface area contributed by atoms with Gasteiger partial charge in [0, 0.05) is 89.9 Å². The quantitative estimate of drug-likeness (QED) is 0.0138. The fourth-order valence-electron chi connectivity index (χ4n) is 12.0. The van der Waals surface area contributed by atoms with Crippen LogP contribution in [-0.4, -0.2) is 222 Å². The summed E-state index contributed by atoms with van der Waals surface area (Å²) in [6.07, 6.45) is -23.9. The Bertz CT molecular complexity index is 5360. The molecule has 9 aromatic rings. The molecule has 1 saturated heterocycles. The second kappa shape index (κ2) is 62.0. The van der Waals surface area contributed by atoms with E-state index in [1.165, 1.54) is 131 Å². The van der Waals surface area contributed by atoms with Gasteiger partial charge in [0.05, 0.1) is 46.6 Å². The first-order chi connectivity index (χ1) is 68.8. The van der Waals surface area contributed by atoms with E-state index in [-0.39, 0.29) is 138 Å². The van der Waals surface area contributed by atoms with Gasteiger partial charge >= 0.3 is 66.4 Å². The summed E-state index contributed by atoms with van der Waals surface area (Å²) in [7, 11) is 4.37. The number of aliphatic hydroxyl groups is 2. The second-order valence-electron chi connectivity index (χ2n) is 34.4. The number of Topliss-reactive ketones (excluding diaryl/α,β-unsaturated/α-hetero) is 3. The average molecular weight is 2190 g/mol. The number of hydrogen-bond acceptors (Lipinski definition) is 26. The molecule has 4 N–H and O–H groups in total. The largest absolute Gasteiger partial charge is 1.00 e. The SMILES string of the molecule is CCOC(COc1ccc(C(F)(F)F)cc1)CSc1ccc(OC(C)(C)C(=O)COC)c(C)c1.CCOC(COc1ccc(C(F)(F)F)cc1)CSc1ccc(OC(C)(C)C(=O)O)c(C)c1.COCC(=O)C(C)(C)Oc1ccc(SCC(O)COc2ccc(C(F)(F)F)cc2)cc1C.COCC(=O)C(C)(C)Oc1ccc(SCC(O)COc2ccc(C(F)(F)F)cc2)cc1C.FC(F)(F)c1ccc(OCC2CO2)cc1.[2HH].[2H][2H].[B].[Na+].[OH-]. The summed E-state index contributed by atoms with van der Waals surface area (Å²) in [5, 5.41) is 29.5. The van der Waals surface area contributed by atoms with Crippen molar-refractivity contribution in [3.63, 3.8) is 0 Å². The van der Waals surface area contributed by atoms with Crippen molar-refractivity contribution < 1.29 is 211 Å². The van der Waals surface area contributed by atoms with Gasteiger partial charge in [-0.2, -0.15) is 65.9 Å². The van der Waals surface area contributed by atoms with E-state index in [1.54, 1.807) is 71.5 Å². The minimum Gasteiger partial charge on any atom is -0.870 e. The van der Waals surface area contributed by atoms with Crippen LogP contribution in [0.5, 0.6) is 51.7 Å². The third kappa shape index (κ3) is 47.7. The molecule has 148 heavy (non-hydrogen) atoms. The Labute approximate surface area is 897 Å². The molecule has 10 rings (SSSR count). The van der Waals surface area contributed by atoms with Crippen LogP contribution in [0, 0.1) is 27.7 Å². The van der Waals surface area contributed by atoms with Gasteiger partial charge in [-0.25, -0.2) is 4.79 Å². The molecular formula is C104H126BF15NaO23S4. The number of carbonyl (C=O) groups excluding carboxylic acids is 3.